The molecule has 1 amide bonds. The zero-order valence-corrected chi connectivity index (χ0v) is 12.2. The monoisotopic (exact) mass is 332 g/mol. The Morgan fingerprint density at radius 2 is 1.89 bits per heavy atom. The molecule has 0 unspecified atom stereocenters. The first-order chi connectivity index (χ1) is 8.99. The molecule has 0 spiro atoms. The second-order valence-electron chi connectivity index (χ2n) is 4.63. The van der Waals surface area contributed by atoms with Gasteiger partial charge in [0.15, 0.2) is 0 Å². The zero-order chi connectivity index (χ0) is 14.0. The van der Waals surface area contributed by atoms with Crippen molar-refractivity contribution >= 4 is 21.8 Å². The zero-order valence-electron chi connectivity index (χ0n) is 10.6. The molecule has 1 aliphatic heterocycles. The van der Waals surface area contributed by atoms with Gasteiger partial charge in [-0.15, -0.1) is 0 Å². The fourth-order valence-corrected chi connectivity index (χ4v) is 2.46. The Labute approximate surface area is 119 Å². The maximum Gasteiger partial charge on any atom is 0.264 e. The molecule has 6 heteroatoms. The van der Waals surface area contributed by atoms with E-state index in [1.54, 1.807) is 11.0 Å². The molecule has 0 N–H and O–H groups in total. The third kappa shape index (κ3) is 3.30. The lowest BCUT2D eigenvalue weighted by atomic mass is 10.1. The minimum Gasteiger partial charge on any atom is -0.336 e. The number of amides is 1. The first-order valence-corrected chi connectivity index (χ1v) is 6.83. The largest absolute Gasteiger partial charge is 0.336 e. The van der Waals surface area contributed by atoms with E-state index in [4.69, 9.17) is 0 Å². The van der Waals surface area contributed by atoms with E-state index in [2.05, 4.69) is 20.8 Å². The lowest BCUT2D eigenvalue weighted by Crippen LogP contribution is -2.47. The smallest absolute Gasteiger partial charge is 0.264 e. The summed E-state index contributed by atoms with van der Waals surface area (Å²) in [5, 5.41) is 0. The molecule has 1 heterocycles. The molecule has 1 saturated heterocycles. The molecule has 3 nitrogen and oxygen atoms in total. The summed E-state index contributed by atoms with van der Waals surface area (Å²) in [5.41, 5.74) is 0.183. The summed E-state index contributed by atoms with van der Waals surface area (Å²) in [6.45, 7) is 2.89. The van der Waals surface area contributed by atoms with Crippen molar-refractivity contribution in [2.24, 2.45) is 0 Å². The molecule has 1 fully saturated rings. The molecule has 2 rings (SSSR count). The topological polar surface area (TPSA) is 23.6 Å². The lowest BCUT2D eigenvalue weighted by molar-refractivity contribution is 0.0663. The molecule has 1 aromatic carbocycles. The van der Waals surface area contributed by atoms with Crippen LogP contribution in [0.25, 0.3) is 0 Å². The minimum absolute atomic E-state index is 0.139. The summed E-state index contributed by atoms with van der Waals surface area (Å²) in [7, 11) is 2.00. The highest BCUT2D eigenvalue weighted by molar-refractivity contribution is 9.10. The molecule has 0 aliphatic carbocycles. The SMILES string of the molecule is CN1CCN(C(=O)c2ccc(Br)c(C(F)F)c2)CC1. The van der Waals surface area contributed by atoms with E-state index >= 15 is 0 Å². The van der Waals surface area contributed by atoms with Crippen molar-refractivity contribution in [2.45, 2.75) is 6.43 Å². The highest BCUT2D eigenvalue weighted by Gasteiger charge is 2.22. The summed E-state index contributed by atoms with van der Waals surface area (Å²) >= 11 is 3.07. The van der Waals surface area contributed by atoms with Gasteiger partial charge in [0, 0.05) is 41.8 Å². The van der Waals surface area contributed by atoms with E-state index in [9.17, 15) is 13.6 Å². The van der Waals surface area contributed by atoms with Gasteiger partial charge in [-0.3, -0.25) is 4.79 Å². The maximum absolute atomic E-state index is 12.8. The molecule has 0 aromatic heterocycles. The molecule has 104 valence electrons. The number of halogens is 3. The highest BCUT2D eigenvalue weighted by Crippen LogP contribution is 2.28. The van der Waals surface area contributed by atoms with Gasteiger partial charge < -0.3 is 9.80 Å². The van der Waals surface area contributed by atoms with Crippen LogP contribution in [0, 0.1) is 0 Å². The molecule has 19 heavy (non-hydrogen) atoms. The average Bonchev–Trinajstić information content (AvgIpc) is 2.39. The van der Waals surface area contributed by atoms with Crippen LogP contribution in [0.3, 0.4) is 0 Å². The standard InChI is InChI=1S/C13H15BrF2N2O/c1-17-4-6-18(7-5-17)13(19)9-2-3-11(14)10(8-9)12(15)16/h2-3,8,12H,4-7H2,1H3. The molecular weight excluding hydrogens is 318 g/mol. The van der Waals surface area contributed by atoms with Crippen LogP contribution in [0.4, 0.5) is 8.78 Å². The van der Waals surface area contributed by atoms with Gasteiger partial charge in [0.05, 0.1) is 0 Å². The molecule has 0 radical (unpaired) electrons. The number of hydrogen-bond donors (Lipinski definition) is 0. The number of hydrogen-bond acceptors (Lipinski definition) is 2. The van der Waals surface area contributed by atoms with Crippen molar-refractivity contribution in [1.82, 2.24) is 9.80 Å². The van der Waals surface area contributed by atoms with E-state index in [1.165, 1.54) is 12.1 Å². The fraction of sp³-hybridized carbons (Fsp3) is 0.462. The summed E-state index contributed by atoms with van der Waals surface area (Å²) < 4.78 is 25.9. The first kappa shape index (κ1) is 14.4. The number of benzene rings is 1. The van der Waals surface area contributed by atoms with Gasteiger partial charge in [0.2, 0.25) is 0 Å². The van der Waals surface area contributed by atoms with Gasteiger partial charge in [-0.2, -0.15) is 0 Å². The number of nitrogens with zero attached hydrogens (tertiary/aromatic N) is 2. The number of piperazine rings is 1. The number of carbonyl (C=O) groups excluding carboxylic acids is 1. The Morgan fingerprint density at radius 1 is 1.26 bits per heavy atom. The van der Waals surface area contributed by atoms with Crippen molar-refractivity contribution in [3.63, 3.8) is 0 Å². The summed E-state index contributed by atoms with van der Waals surface area (Å²) in [6, 6.07) is 4.36. The quantitative estimate of drug-likeness (QED) is 0.831. The summed E-state index contributed by atoms with van der Waals surface area (Å²) in [6.07, 6.45) is -2.59. The first-order valence-electron chi connectivity index (χ1n) is 6.04. The Balaban J connectivity index is 2.17. The third-order valence-electron chi connectivity index (χ3n) is 3.27. The number of alkyl halides is 2. The van der Waals surface area contributed by atoms with Gasteiger partial charge in [0.1, 0.15) is 0 Å². The van der Waals surface area contributed by atoms with Gasteiger partial charge in [-0.1, -0.05) is 15.9 Å². The lowest BCUT2D eigenvalue weighted by Gasteiger charge is -2.32. The van der Waals surface area contributed by atoms with Crippen molar-refractivity contribution in [2.75, 3.05) is 33.2 Å². The van der Waals surface area contributed by atoms with Gasteiger partial charge in [-0.05, 0) is 25.2 Å². The normalized spacial score (nSPS) is 17.0. The fourth-order valence-electron chi connectivity index (χ4n) is 2.04. The predicted molar refractivity (Wildman–Crippen MR) is 72.5 cm³/mol. The Morgan fingerprint density at radius 3 is 2.47 bits per heavy atom. The second kappa shape index (κ2) is 5.96. The van der Waals surface area contributed by atoms with Crippen LogP contribution in [-0.2, 0) is 0 Å². The molecule has 0 bridgehead atoms. The Bertz CT molecular complexity index is 474. The van der Waals surface area contributed by atoms with Crippen LogP contribution in [0.2, 0.25) is 0 Å². The third-order valence-corrected chi connectivity index (χ3v) is 3.99. The van der Waals surface area contributed by atoms with Crippen LogP contribution in [0.5, 0.6) is 0 Å². The van der Waals surface area contributed by atoms with Crippen LogP contribution < -0.4 is 0 Å². The van der Waals surface area contributed by atoms with Crippen LogP contribution in [0.1, 0.15) is 22.3 Å². The van der Waals surface area contributed by atoms with Crippen molar-refractivity contribution in [3.05, 3.63) is 33.8 Å². The second-order valence-corrected chi connectivity index (χ2v) is 5.49. The van der Waals surface area contributed by atoms with E-state index < -0.39 is 6.43 Å². The van der Waals surface area contributed by atoms with E-state index in [0.29, 0.717) is 23.1 Å². The Hall–Kier alpha value is -1.01. The molecule has 1 aliphatic rings. The molecule has 0 atom stereocenters. The van der Waals surface area contributed by atoms with Crippen molar-refractivity contribution < 1.29 is 13.6 Å². The Kier molecular flexibility index (Phi) is 4.52. The van der Waals surface area contributed by atoms with Gasteiger partial charge in [0.25, 0.3) is 12.3 Å². The van der Waals surface area contributed by atoms with Crippen molar-refractivity contribution in [3.8, 4) is 0 Å². The number of carbonyl (C=O) groups is 1. The van der Waals surface area contributed by atoms with Crippen LogP contribution >= 0.6 is 15.9 Å². The van der Waals surface area contributed by atoms with E-state index in [1.807, 2.05) is 7.05 Å². The van der Waals surface area contributed by atoms with Gasteiger partial charge >= 0.3 is 0 Å². The van der Waals surface area contributed by atoms with Crippen molar-refractivity contribution in [1.29, 1.82) is 0 Å². The molecule has 1 aromatic rings. The number of likely N-dealkylation sites (N-methyl/N-ethyl adjacent to an activating group) is 1. The predicted octanol–water partition coefficient (Wildman–Crippen LogP) is 2.77. The van der Waals surface area contributed by atoms with Crippen LogP contribution in [0.15, 0.2) is 22.7 Å². The average molecular weight is 333 g/mol. The highest BCUT2D eigenvalue weighted by atomic mass is 79.9. The van der Waals surface area contributed by atoms with E-state index in [-0.39, 0.29) is 11.5 Å². The number of rotatable bonds is 2. The van der Waals surface area contributed by atoms with E-state index in [0.717, 1.165) is 13.1 Å². The molecule has 0 saturated carbocycles. The summed E-state index contributed by atoms with van der Waals surface area (Å²) in [4.78, 5) is 16.1. The molecular formula is C13H15BrF2N2O. The maximum atomic E-state index is 12.8. The van der Waals surface area contributed by atoms with Crippen LogP contribution in [-0.4, -0.2) is 48.9 Å². The van der Waals surface area contributed by atoms with Gasteiger partial charge in [-0.25, -0.2) is 8.78 Å². The minimum atomic E-state index is -2.59. The summed E-state index contributed by atoms with van der Waals surface area (Å²) in [5.74, 6) is -0.178.